The van der Waals surface area contributed by atoms with E-state index in [4.69, 9.17) is 0 Å². The molecule has 1 saturated carbocycles. The quantitative estimate of drug-likeness (QED) is 0.924. The van der Waals surface area contributed by atoms with Gasteiger partial charge < -0.3 is 5.32 Å². The summed E-state index contributed by atoms with van der Waals surface area (Å²) in [5.74, 6) is 0.789. The minimum Gasteiger partial charge on any atom is -0.316 e. The van der Waals surface area contributed by atoms with Crippen molar-refractivity contribution in [2.24, 2.45) is 11.8 Å². The van der Waals surface area contributed by atoms with Crippen molar-refractivity contribution in [1.82, 2.24) is 5.32 Å². The molecule has 4 heteroatoms. The van der Waals surface area contributed by atoms with Crippen LogP contribution in [0.3, 0.4) is 0 Å². The molecule has 2 rings (SSSR count). The van der Waals surface area contributed by atoms with Crippen molar-refractivity contribution in [2.75, 3.05) is 7.05 Å². The van der Waals surface area contributed by atoms with Crippen LogP contribution in [0.2, 0.25) is 0 Å². The van der Waals surface area contributed by atoms with Gasteiger partial charge in [-0.1, -0.05) is 13.8 Å². The second-order valence-corrected chi connectivity index (χ2v) is 7.28. The highest BCUT2D eigenvalue weighted by atomic mass is 32.2. The van der Waals surface area contributed by atoms with E-state index >= 15 is 0 Å². The molecule has 1 aromatic rings. The molecule has 0 spiro atoms. The Hall–Kier alpha value is -0.740. The van der Waals surface area contributed by atoms with E-state index in [-0.39, 0.29) is 17.1 Å². The highest BCUT2D eigenvalue weighted by Crippen LogP contribution is 2.34. The van der Waals surface area contributed by atoms with Crippen molar-refractivity contribution in [3.05, 3.63) is 30.1 Å². The Kier molecular flexibility index (Phi) is 4.74. The monoisotopic (exact) mass is 283 g/mol. The van der Waals surface area contributed by atoms with Gasteiger partial charge >= 0.3 is 0 Å². The molecule has 1 fully saturated rings. The van der Waals surface area contributed by atoms with E-state index in [1.165, 1.54) is 12.1 Å². The summed E-state index contributed by atoms with van der Waals surface area (Å²) < 4.78 is 25.7. The van der Waals surface area contributed by atoms with Gasteiger partial charge in [-0.2, -0.15) is 0 Å². The fourth-order valence-corrected chi connectivity index (χ4v) is 4.99. The van der Waals surface area contributed by atoms with Crippen LogP contribution in [0.15, 0.2) is 29.2 Å². The third kappa shape index (κ3) is 3.23. The summed E-state index contributed by atoms with van der Waals surface area (Å²) in [6, 6.07) is 6.33. The van der Waals surface area contributed by atoms with E-state index < -0.39 is 10.8 Å². The van der Waals surface area contributed by atoms with Gasteiger partial charge in [0, 0.05) is 10.9 Å². The van der Waals surface area contributed by atoms with E-state index in [0.717, 1.165) is 17.7 Å². The lowest BCUT2D eigenvalue weighted by atomic mass is 9.80. The normalized spacial score (nSPS) is 33.1. The molecule has 0 radical (unpaired) electrons. The molecule has 0 amide bonds. The fourth-order valence-electron chi connectivity index (χ4n) is 3.20. The van der Waals surface area contributed by atoms with Gasteiger partial charge in [0.15, 0.2) is 0 Å². The molecular formula is C15H22FNOS. The van der Waals surface area contributed by atoms with E-state index in [9.17, 15) is 8.60 Å². The van der Waals surface area contributed by atoms with Crippen molar-refractivity contribution in [1.29, 1.82) is 0 Å². The Bertz CT molecular complexity index is 448. The average molecular weight is 283 g/mol. The molecule has 1 N–H and O–H groups in total. The summed E-state index contributed by atoms with van der Waals surface area (Å²) in [4.78, 5) is 0.730. The Morgan fingerprint density at radius 3 is 2.42 bits per heavy atom. The molecule has 0 saturated heterocycles. The maximum Gasteiger partial charge on any atom is 0.123 e. The van der Waals surface area contributed by atoms with Gasteiger partial charge in [0.1, 0.15) is 5.82 Å². The molecule has 0 heterocycles. The first-order valence-electron chi connectivity index (χ1n) is 6.86. The molecule has 5 atom stereocenters. The highest BCUT2D eigenvalue weighted by Gasteiger charge is 2.37. The van der Waals surface area contributed by atoms with Crippen LogP contribution in [0.1, 0.15) is 26.7 Å². The van der Waals surface area contributed by atoms with Crippen LogP contribution in [0.5, 0.6) is 0 Å². The number of benzene rings is 1. The first-order chi connectivity index (χ1) is 9.02. The Morgan fingerprint density at radius 2 is 1.84 bits per heavy atom. The van der Waals surface area contributed by atoms with Gasteiger partial charge in [-0.3, -0.25) is 4.21 Å². The van der Waals surface area contributed by atoms with Crippen molar-refractivity contribution < 1.29 is 8.60 Å². The van der Waals surface area contributed by atoms with E-state index in [1.807, 2.05) is 7.05 Å². The Labute approximate surface area is 117 Å². The first kappa shape index (κ1) is 14.7. The summed E-state index contributed by atoms with van der Waals surface area (Å²) in [5, 5.41) is 3.41. The van der Waals surface area contributed by atoms with E-state index in [2.05, 4.69) is 19.2 Å². The van der Waals surface area contributed by atoms with Crippen LogP contribution >= 0.6 is 0 Å². The largest absolute Gasteiger partial charge is 0.316 e. The fraction of sp³-hybridized carbons (Fsp3) is 0.600. The Morgan fingerprint density at radius 1 is 1.21 bits per heavy atom. The van der Waals surface area contributed by atoms with Gasteiger partial charge in [-0.15, -0.1) is 0 Å². The summed E-state index contributed by atoms with van der Waals surface area (Å²) in [5.41, 5.74) is 0. The third-order valence-corrected chi connectivity index (χ3v) is 6.08. The SMILES string of the molecule is CNC1CC(C)CC(C)C1S(=O)c1ccc(F)cc1. The van der Waals surface area contributed by atoms with Crippen LogP contribution < -0.4 is 5.32 Å². The van der Waals surface area contributed by atoms with Crippen LogP contribution in [-0.4, -0.2) is 22.5 Å². The maximum absolute atomic E-state index is 13.0. The number of rotatable bonds is 3. The van der Waals surface area contributed by atoms with Crippen molar-refractivity contribution in [2.45, 2.75) is 42.9 Å². The van der Waals surface area contributed by atoms with Crippen LogP contribution in [0.25, 0.3) is 0 Å². The number of hydrogen-bond donors (Lipinski definition) is 1. The molecule has 1 aliphatic carbocycles. The molecule has 0 bridgehead atoms. The van der Waals surface area contributed by atoms with Gasteiger partial charge in [-0.25, -0.2) is 4.39 Å². The maximum atomic E-state index is 13.0. The van der Waals surface area contributed by atoms with Crippen LogP contribution in [0, 0.1) is 17.7 Å². The molecule has 2 nitrogen and oxygen atoms in total. The number of hydrogen-bond acceptors (Lipinski definition) is 2. The third-order valence-electron chi connectivity index (χ3n) is 4.05. The van der Waals surface area contributed by atoms with E-state index in [0.29, 0.717) is 11.8 Å². The molecule has 0 aliphatic heterocycles. The average Bonchev–Trinajstić information content (AvgIpc) is 2.38. The van der Waals surface area contributed by atoms with Gasteiger partial charge in [0.25, 0.3) is 0 Å². The lowest BCUT2D eigenvalue weighted by Crippen LogP contribution is -2.48. The predicted octanol–water partition coefficient (Wildman–Crippen LogP) is 2.96. The minimum atomic E-state index is -1.08. The molecule has 19 heavy (non-hydrogen) atoms. The lowest BCUT2D eigenvalue weighted by Gasteiger charge is -2.38. The second-order valence-electron chi connectivity index (χ2n) is 5.66. The molecule has 0 aromatic heterocycles. The lowest BCUT2D eigenvalue weighted by molar-refractivity contribution is 0.253. The molecule has 5 unspecified atom stereocenters. The molecule has 106 valence electrons. The topological polar surface area (TPSA) is 29.1 Å². The summed E-state index contributed by atoms with van der Waals surface area (Å²) in [6.45, 7) is 4.42. The standard InChI is InChI=1S/C15H22FNOS/c1-10-8-11(2)15(14(9-10)17-3)19(18)13-6-4-12(16)5-7-13/h4-7,10-11,14-15,17H,8-9H2,1-3H3. The summed E-state index contributed by atoms with van der Waals surface area (Å²) >= 11 is 0. The van der Waals surface area contributed by atoms with Gasteiger partial charge in [0.2, 0.25) is 0 Å². The number of halogens is 1. The van der Waals surface area contributed by atoms with Crippen molar-refractivity contribution in [3.8, 4) is 0 Å². The van der Waals surface area contributed by atoms with E-state index in [1.54, 1.807) is 12.1 Å². The zero-order chi connectivity index (χ0) is 14.0. The van der Waals surface area contributed by atoms with Gasteiger partial charge in [0.05, 0.1) is 16.0 Å². The predicted molar refractivity (Wildman–Crippen MR) is 77.0 cm³/mol. The van der Waals surface area contributed by atoms with Crippen LogP contribution in [0.4, 0.5) is 4.39 Å². The van der Waals surface area contributed by atoms with Gasteiger partial charge in [-0.05, 0) is 56.0 Å². The van der Waals surface area contributed by atoms with Crippen molar-refractivity contribution in [3.63, 3.8) is 0 Å². The molecule has 1 aliphatic rings. The molecular weight excluding hydrogens is 261 g/mol. The zero-order valence-electron chi connectivity index (χ0n) is 11.7. The summed E-state index contributed by atoms with van der Waals surface area (Å²) in [6.07, 6.45) is 2.16. The zero-order valence-corrected chi connectivity index (χ0v) is 12.5. The van der Waals surface area contributed by atoms with Crippen molar-refractivity contribution >= 4 is 10.8 Å². The Balaban J connectivity index is 2.22. The summed E-state index contributed by atoms with van der Waals surface area (Å²) in [7, 11) is 0.853. The smallest absolute Gasteiger partial charge is 0.123 e. The highest BCUT2D eigenvalue weighted by molar-refractivity contribution is 7.85. The minimum absolute atomic E-state index is 0.103. The van der Waals surface area contributed by atoms with Crippen LogP contribution in [-0.2, 0) is 10.8 Å². The molecule has 1 aromatic carbocycles. The number of nitrogens with one attached hydrogen (secondary N) is 1. The first-order valence-corrected chi connectivity index (χ1v) is 8.07. The second kappa shape index (κ2) is 6.14.